The molecule has 2 aromatic heterocycles. The number of carbonyl (C=O) groups is 2. The van der Waals surface area contributed by atoms with Gasteiger partial charge in [-0.05, 0) is 67.4 Å². The second-order valence-corrected chi connectivity index (χ2v) is 10.5. The van der Waals surface area contributed by atoms with Crippen LogP contribution in [0.5, 0.6) is 23.0 Å². The fourth-order valence-electron chi connectivity index (χ4n) is 5.31. The summed E-state index contributed by atoms with van der Waals surface area (Å²) in [6.45, 7) is 3.17. The molecule has 14 nitrogen and oxygen atoms in total. The quantitative estimate of drug-likeness (QED) is 0.264. The first kappa shape index (κ1) is 29.9. The van der Waals surface area contributed by atoms with Crippen molar-refractivity contribution in [3.05, 3.63) is 60.1 Å². The minimum Gasteiger partial charge on any atom is -0.493 e. The van der Waals surface area contributed by atoms with Gasteiger partial charge in [0, 0.05) is 30.5 Å². The van der Waals surface area contributed by atoms with Crippen molar-refractivity contribution in [2.75, 3.05) is 45.5 Å². The van der Waals surface area contributed by atoms with E-state index < -0.39 is 17.9 Å². The zero-order chi connectivity index (χ0) is 31.3. The Morgan fingerprint density at radius 3 is 2.58 bits per heavy atom. The van der Waals surface area contributed by atoms with Crippen LogP contribution in [0.15, 0.2) is 52.9 Å². The van der Waals surface area contributed by atoms with Crippen LogP contribution in [0.1, 0.15) is 30.4 Å². The van der Waals surface area contributed by atoms with Gasteiger partial charge in [0.1, 0.15) is 31.3 Å². The molecule has 1 saturated heterocycles. The standard InChI is InChI=1S/C31H34N6O8/c1-19-6-9-25(45-19)29(31(39)32-17-22-5-4-12-42-22)37(21-8-11-24-27(16-21)44-14-13-43-24)28(38)18-36-34-30(33-35-36)20-7-10-23(40-2)26(15-20)41-3/h6-11,15-16,22,29H,4-5,12-14,17-18H2,1-3H3,(H,32,39). The molecule has 0 radical (unpaired) electrons. The van der Waals surface area contributed by atoms with Crippen molar-refractivity contribution >= 4 is 17.5 Å². The molecule has 2 amide bonds. The summed E-state index contributed by atoms with van der Waals surface area (Å²) in [6, 6.07) is 12.6. The van der Waals surface area contributed by atoms with Gasteiger partial charge in [-0.3, -0.25) is 14.5 Å². The number of furan rings is 1. The maximum absolute atomic E-state index is 14.2. The molecule has 2 atom stereocenters. The monoisotopic (exact) mass is 618 g/mol. The lowest BCUT2D eigenvalue weighted by Gasteiger charge is -2.31. The molecule has 2 aliphatic heterocycles. The number of rotatable bonds is 11. The lowest BCUT2D eigenvalue weighted by molar-refractivity contribution is -0.127. The van der Waals surface area contributed by atoms with Gasteiger partial charge in [-0.25, -0.2) is 0 Å². The van der Waals surface area contributed by atoms with Crippen LogP contribution in [-0.4, -0.2) is 78.7 Å². The van der Waals surface area contributed by atoms with E-state index >= 15 is 0 Å². The van der Waals surface area contributed by atoms with Crippen LogP contribution in [-0.2, 0) is 20.9 Å². The summed E-state index contributed by atoms with van der Waals surface area (Å²) in [5, 5.41) is 15.7. The number of aryl methyl sites for hydroxylation is 1. The molecule has 45 heavy (non-hydrogen) atoms. The Bertz CT molecular complexity index is 1660. The van der Waals surface area contributed by atoms with Crippen molar-refractivity contribution in [1.82, 2.24) is 25.5 Å². The molecule has 2 aromatic carbocycles. The molecule has 6 rings (SSSR count). The largest absolute Gasteiger partial charge is 0.493 e. The summed E-state index contributed by atoms with van der Waals surface area (Å²) in [5.74, 6) is 2.29. The SMILES string of the molecule is COc1ccc(-c2nnn(CC(=O)N(c3ccc4c(c3)OCCO4)C(C(=O)NCC3CCCO3)c3ccc(C)o3)n2)cc1OC. The van der Waals surface area contributed by atoms with E-state index in [-0.39, 0.29) is 24.2 Å². The molecule has 4 heterocycles. The third-order valence-electron chi connectivity index (χ3n) is 7.51. The minimum atomic E-state index is -1.16. The number of ether oxygens (including phenoxy) is 5. The topological polar surface area (TPSA) is 152 Å². The Hall–Kier alpha value is -5.11. The summed E-state index contributed by atoms with van der Waals surface area (Å²) in [5.41, 5.74) is 1.02. The number of hydrogen-bond acceptors (Lipinski definition) is 11. The molecule has 0 saturated carbocycles. The van der Waals surface area contributed by atoms with E-state index in [2.05, 4.69) is 20.7 Å². The summed E-state index contributed by atoms with van der Waals surface area (Å²) in [7, 11) is 3.08. The van der Waals surface area contributed by atoms with Crippen LogP contribution >= 0.6 is 0 Å². The average molecular weight is 619 g/mol. The highest BCUT2D eigenvalue weighted by atomic mass is 16.6. The van der Waals surface area contributed by atoms with Gasteiger partial charge in [0.25, 0.3) is 11.8 Å². The fraction of sp³-hybridized carbons (Fsp3) is 0.387. The number of nitrogens with zero attached hydrogens (tertiary/aromatic N) is 5. The van der Waals surface area contributed by atoms with E-state index in [0.717, 1.165) is 12.8 Å². The van der Waals surface area contributed by atoms with Gasteiger partial charge in [0.05, 0.1) is 20.3 Å². The molecular weight excluding hydrogens is 584 g/mol. The number of amides is 2. The summed E-state index contributed by atoms with van der Waals surface area (Å²) in [4.78, 5) is 30.7. The molecular formula is C31H34N6O8. The van der Waals surface area contributed by atoms with Crippen molar-refractivity contribution in [3.8, 4) is 34.4 Å². The van der Waals surface area contributed by atoms with Crippen molar-refractivity contribution in [3.63, 3.8) is 0 Å². The van der Waals surface area contributed by atoms with E-state index in [1.165, 1.54) is 16.8 Å². The van der Waals surface area contributed by atoms with E-state index in [1.807, 2.05) is 0 Å². The zero-order valence-corrected chi connectivity index (χ0v) is 25.2. The Kier molecular flexibility index (Phi) is 8.82. The molecule has 0 bridgehead atoms. The Labute approximate surface area is 259 Å². The zero-order valence-electron chi connectivity index (χ0n) is 25.2. The predicted octanol–water partition coefficient (Wildman–Crippen LogP) is 3.10. The maximum atomic E-state index is 14.2. The number of benzene rings is 2. The van der Waals surface area contributed by atoms with Crippen LogP contribution in [0.3, 0.4) is 0 Å². The smallest absolute Gasteiger partial charge is 0.251 e. The number of aromatic nitrogens is 4. The van der Waals surface area contributed by atoms with E-state index in [4.69, 9.17) is 28.1 Å². The molecule has 14 heteroatoms. The number of nitrogens with one attached hydrogen (secondary N) is 1. The van der Waals surface area contributed by atoms with Crippen LogP contribution < -0.4 is 29.2 Å². The minimum absolute atomic E-state index is 0.0965. The molecule has 1 fully saturated rings. The predicted molar refractivity (Wildman–Crippen MR) is 159 cm³/mol. The number of hydrogen-bond donors (Lipinski definition) is 1. The number of methoxy groups -OCH3 is 2. The van der Waals surface area contributed by atoms with Gasteiger partial charge in [0.2, 0.25) is 5.82 Å². The highest BCUT2D eigenvalue weighted by molar-refractivity contribution is 6.01. The van der Waals surface area contributed by atoms with Gasteiger partial charge in [-0.2, -0.15) is 4.80 Å². The molecule has 2 aliphatic rings. The molecule has 4 aromatic rings. The first-order chi connectivity index (χ1) is 21.9. The molecule has 0 aliphatic carbocycles. The van der Waals surface area contributed by atoms with Crippen LogP contribution in [0.2, 0.25) is 0 Å². The maximum Gasteiger partial charge on any atom is 0.251 e. The number of anilines is 1. The van der Waals surface area contributed by atoms with Crippen LogP contribution in [0.25, 0.3) is 11.4 Å². The van der Waals surface area contributed by atoms with Gasteiger partial charge in [-0.1, -0.05) is 0 Å². The Morgan fingerprint density at radius 2 is 1.84 bits per heavy atom. The molecule has 2 unspecified atom stereocenters. The van der Waals surface area contributed by atoms with Crippen LogP contribution in [0, 0.1) is 6.92 Å². The summed E-state index contributed by atoms with van der Waals surface area (Å²) >= 11 is 0. The molecule has 0 spiro atoms. The summed E-state index contributed by atoms with van der Waals surface area (Å²) < 4.78 is 33.8. The van der Waals surface area contributed by atoms with Gasteiger partial charge >= 0.3 is 0 Å². The summed E-state index contributed by atoms with van der Waals surface area (Å²) in [6.07, 6.45) is 1.68. The normalized spacial score (nSPS) is 16.2. The first-order valence-electron chi connectivity index (χ1n) is 14.6. The van der Waals surface area contributed by atoms with Crippen molar-refractivity contribution in [1.29, 1.82) is 0 Å². The fourth-order valence-corrected chi connectivity index (χ4v) is 5.31. The first-order valence-corrected chi connectivity index (χ1v) is 14.6. The van der Waals surface area contributed by atoms with Crippen molar-refractivity contribution < 1.29 is 37.7 Å². The van der Waals surface area contributed by atoms with E-state index in [0.29, 0.717) is 66.4 Å². The third kappa shape index (κ3) is 6.55. The number of carbonyl (C=O) groups excluding carboxylic acids is 2. The second kappa shape index (κ2) is 13.3. The number of tetrazole rings is 1. The van der Waals surface area contributed by atoms with Crippen molar-refractivity contribution in [2.45, 2.75) is 38.5 Å². The lowest BCUT2D eigenvalue weighted by Crippen LogP contribution is -2.46. The van der Waals surface area contributed by atoms with E-state index in [1.54, 1.807) is 62.6 Å². The average Bonchev–Trinajstić information content (AvgIpc) is 3.85. The lowest BCUT2D eigenvalue weighted by atomic mass is 10.1. The Morgan fingerprint density at radius 1 is 1.02 bits per heavy atom. The van der Waals surface area contributed by atoms with Crippen LogP contribution in [0.4, 0.5) is 5.69 Å². The van der Waals surface area contributed by atoms with Gasteiger partial charge in [-0.15, -0.1) is 10.2 Å². The third-order valence-corrected chi connectivity index (χ3v) is 7.51. The molecule has 236 valence electrons. The highest BCUT2D eigenvalue weighted by Gasteiger charge is 2.36. The highest BCUT2D eigenvalue weighted by Crippen LogP contribution is 2.38. The Balaban J connectivity index is 1.33. The van der Waals surface area contributed by atoms with E-state index in [9.17, 15) is 9.59 Å². The molecule has 1 N–H and O–H groups in total. The van der Waals surface area contributed by atoms with Crippen molar-refractivity contribution in [2.24, 2.45) is 0 Å². The second-order valence-electron chi connectivity index (χ2n) is 10.5. The number of fused-ring (bicyclic) bond motifs is 1. The van der Waals surface area contributed by atoms with Gasteiger partial charge in [0.15, 0.2) is 29.0 Å². The van der Waals surface area contributed by atoms with Gasteiger partial charge < -0.3 is 33.4 Å².